The van der Waals surface area contributed by atoms with Crippen molar-refractivity contribution in [3.8, 4) is 0 Å². The van der Waals surface area contributed by atoms with Crippen molar-refractivity contribution in [2.45, 2.75) is 30.8 Å². The van der Waals surface area contributed by atoms with Gasteiger partial charge in [0.2, 0.25) is 10.0 Å². The monoisotopic (exact) mass is 294 g/mol. The molecule has 0 aromatic heterocycles. The number of alkyl halides is 3. The fourth-order valence-corrected chi connectivity index (χ4v) is 3.06. The van der Waals surface area contributed by atoms with Gasteiger partial charge in [-0.1, -0.05) is 6.07 Å². The van der Waals surface area contributed by atoms with Crippen LogP contribution in [0.1, 0.15) is 24.0 Å². The largest absolute Gasteiger partial charge is 0.418 e. The molecule has 0 amide bonds. The van der Waals surface area contributed by atoms with Gasteiger partial charge in [0, 0.05) is 6.54 Å². The van der Waals surface area contributed by atoms with E-state index in [1.54, 1.807) is 0 Å². The topological polar surface area (TPSA) is 72.2 Å². The highest BCUT2D eigenvalue weighted by atomic mass is 32.2. The van der Waals surface area contributed by atoms with E-state index in [0.717, 1.165) is 12.1 Å². The van der Waals surface area contributed by atoms with Gasteiger partial charge in [-0.3, -0.25) is 4.72 Å². The number of anilines is 1. The van der Waals surface area contributed by atoms with Crippen molar-refractivity contribution in [2.24, 2.45) is 5.73 Å². The molecule has 1 aliphatic carbocycles. The Morgan fingerprint density at radius 3 is 2.42 bits per heavy atom. The summed E-state index contributed by atoms with van der Waals surface area (Å²) < 4.78 is 64.0. The third kappa shape index (κ3) is 3.19. The van der Waals surface area contributed by atoms with Gasteiger partial charge in [0.15, 0.2) is 0 Å². The van der Waals surface area contributed by atoms with E-state index in [0.29, 0.717) is 18.4 Å². The molecule has 0 heterocycles. The molecule has 0 radical (unpaired) electrons. The van der Waals surface area contributed by atoms with Crippen molar-refractivity contribution < 1.29 is 21.6 Å². The maximum Gasteiger partial charge on any atom is 0.418 e. The minimum Gasteiger partial charge on any atom is -0.326 e. The molecule has 1 saturated carbocycles. The van der Waals surface area contributed by atoms with Gasteiger partial charge in [0.1, 0.15) is 0 Å². The van der Waals surface area contributed by atoms with E-state index in [9.17, 15) is 21.6 Å². The minimum atomic E-state index is -4.63. The van der Waals surface area contributed by atoms with E-state index in [1.165, 1.54) is 6.07 Å². The molecule has 0 atom stereocenters. The summed E-state index contributed by atoms with van der Waals surface area (Å²) in [5.41, 5.74) is 4.12. The van der Waals surface area contributed by atoms with Crippen LogP contribution in [0.4, 0.5) is 18.9 Å². The Morgan fingerprint density at radius 2 is 1.95 bits per heavy atom. The summed E-state index contributed by atoms with van der Waals surface area (Å²) in [6.45, 7) is -0.0429. The summed E-state index contributed by atoms with van der Waals surface area (Å²) in [5.74, 6) is 0. The van der Waals surface area contributed by atoms with Gasteiger partial charge in [0.05, 0.1) is 16.5 Å². The lowest BCUT2D eigenvalue weighted by molar-refractivity contribution is -0.136. The molecule has 8 heteroatoms. The second-order valence-electron chi connectivity index (χ2n) is 4.43. The molecule has 1 aromatic carbocycles. The summed E-state index contributed by atoms with van der Waals surface area (Å²) in [5, 5.41) is -0.581. The molecule has 0 aliphatic heterocycles. The molecule has 1 aromatic rings. The van der Waals surface area contributed by atoms with E-state index in [1.807, 2.05) is 4.72 Å². The smallest absolute Gasteiger partial charge is 0.326 e. The number of nitrogens with two attached hydrogens (primary N) is 1. The highest BCUT2D eigenvalue weighted by Crippen LogP contribution is 2.37. The molecular weight excluding hydrogens is 281 g/mol. The summed E-state index contributed by atoms with van der Waals surface area (Å²) >= 11 is 0. The van der Waals surface area contributed by atoms with E-state index < -0.39 is 32.7 Å². The lowest BCUT2D eigenvalue weighted by atomic mass is 10.1. The molecule has 3 N–H and O–H groups in total. The van der Waals surface area contributed by atoms with Crippen molar-refractivity contribution in [1.82, 2.24) is 0 Å². The number of halogens is 3. The first kappa shape index (κ1) is 14.1. The summed E-state index contributed by atoms with van der Waals surface area (Å²) in [7, 11) is -3.72. The van der Waals surface area contributed by atoms with Crippen molar-refractivity contribution in [2.75, 3.05) is 4.72 Å². The molecular formula is C11H13F3N2O2S. The highest BCUT2D eigenvalue weighted by Gasteiger charge is 2.39. The van der Waals surface area contributed by atoms with Crippen LogP contribution in [0, 0.1) is 0 Å². The number of hydrogen-bond donors (Lipinski definition) is 2. The number of hydrogen-bond acceptors (Lipinski definition) is 3. The van der Waals surface area contributed by atoms with Crippen LogP contribution >= 0.6 is 0 Å². The van der Waals surface area contributed by atoms with Crippen LogP contribution in [-0.4, -0.2) is 13.7 Å². The van der Waals surface area contributed by atoms with Crippen LogP contribution in [0.2, 0.25) is 0 Å². The fraction of sp³-hybridized carbons (Fsp3) is 0.455. The maximum atomic E-state index is 12.9. The minimum absolute atomic E-state index is 0.0429. The lowest BCUT2D eigenvalue weighted by Crippen LogP contribution is -2.20. The Kier molecular flexibility index (Phi) is 3.48. The second-order valence-corrected chi connectivity index (χ2v) is 6.39. The first-order chi connectivity index (χ1) is 8.74. The number of sulfonamides is 1. The first-order valence-corrected chi connectivity index (χ1v) is 7.20. The van der Waals surface area contributed by atoms with E-state index >= 15 is 0 Å². The van der Waals surface area contributed by atoms with E-state index in [4.69, 9.17) is 5.73 Å². The van der Waals surface area contributed by atoms with Gasteiger partial charge in [-0.25, -0.2) is 8.42 Å². The molecule has 1 fully saturated rings. The van der Waals surface area contributed by atoms with Crippen molar-refractivity contribution in [3.63, 3.8) is 0 Å². The molecule has 0 spiro atoms. The third-order valence-corrected chi connectivity index (χ3v) is 4.69. The molecule has 0 bridgehead atoms. The van der Waals surface area contributed by atoms with Crippen molar-refractivity contribution in [3.05, 3.63) is 29.3 Å². The molecule has 19 heavy (non-hydrogen) atoms. The van der Waals surface area contributed by atoms with Crippen LogP contribution in [0.15, 0.2) is 18.2 Å². The zero-order valence-electron chi connectivity index (χ0n) is 9.87. The van der Waals surface area contributed by atoms with Crippen LogP contribution in [0.5, 0.6) is 0 Å². The average Bonchev–Trinajstić information content (AvgIpc) is 3.11. The SMILES string of the molecule is NCc1ccc(NS(=O)(=O)C2CC2)c(C(F)(F)F)c1. The predicted molar refractivity (Wildman–Crippen MR) is 64.9 cm³/mol. The van der Waals surface area contributed by atoms with Gasteiger partial charge in [-0.15, -0.1) is 0 Å². The van der Waals surface area contributed by atoms with Gasteiger partial charge in [-0.05, 0) is 30.5 Å². The standard InChI is InChI=1S/C11H13F3N2O2S/c12-11(13,14)9-5-7(6-15)1-4-10(9)16-19(17,18)8-2-3-8/h1,4-5,8,16H,2-3,6,15H2. The zero-order valence-corrected chi connectivity index (χ0v) is 10.7. The Morgan fingerprint density at radius 1 is 1.32 bits per heavy atom. The molecule has 0 saturated heterocycles. The fourth-order valence-electron chi connectivity index (χ4n) is 1.66. The first-order valence-electron chi connectivity index (χ1n) is 5.66. The van der Waals surface area contributed by atoms with Crippen LogP contribution < -0.4 is 10.5 Å². The quantitative estimate of drug-likeness (QED) is 0.893. The normalized spacial score (nSPS) is 16.4. The summed E-state index contributed by atoms with van der Waals surface area (Å²) in [4.78, 5) is 0. The van der Waals surface area contributed by atoms with Gasteiger partial charge < -0.3 is 5.73 Å². The second kappa shape index (κ2) is 4.68. The molecule has 1 aliphatic rings. The van der Waals surface area contributed by atoms with Crippen molar-refractivity contribution >= 4 is 15.7 Å². The Balaban J connectivity index is 2.39. The summed E-state index contributed by atoms with van der Waals surface area (Å²) in [6, 6.07) is 3.34. The zero-order chi connectivity index (χ0) is 14.3. The molecule has 4 nitrogen and oxygen atoms in total. The molecule has 2 rings (SSSR count). The van der Waals surface area contributed by atoms with E-state index in [2.05, 4.69) is 0 Å². The van der Waals surface area contributed by atoms with Gasteiger partial charge >= 0.3 is 6.18 Å². The Bertz CT molecular complexity index is 580. The van der Waals surface area contributed by atoms with Crippen molar-refractivity contribution in [1.29, 1.82) is 0 Å². The highest BCUT2D eigenvalue weighted by molar-refractivity contribution is 7.93. The Hall–Kier alpha value is -1.28. The van der Waals surface area contributed by atoms with Crippen LogP contribution in [0.3, 0.4) is 0 Å². The van der Waals surface area contributed by atoms with E-state index in [-0.39, 0.29) is 6.54 Å². The van der Waals surface area contributed by atoms with Gasteiger partial charge in [0.25, 0.3) is 0 Å². The summed E-state index contributed by atoms with van der Waals surface area (Å²) in [6.07, 6.45) is -3.66. The number of rotatable bonds is 4. The Labute approximate surface area is 108 Å². The molecule has 0 unspecified atom stereocenters. The van der Waals surface area contributed by atoms with Crippen LogP contribution in [-0.2, 0) is 22.7 Å². The van der Waals surface area contributed by atoms with Crippen LogP contribution in [0.25, 0.3) is 0 Å². The lowest BCUT2D eigenvalue weighted by Gasteiger charge is -2.15. The number of nitrogens with one attached hydrogen (secondary N) is 1. The van der Waals surface area contributed by atoms with Gasteiger partial charge in [-0.2, -0.15) is 13.2 Å². The predicted octanol–water partition coefficient (Wildman–Crippen LogP) is 2.07. The maximum absolute atomic E-state index is 12.9. The molecule has 106 valence electrons. The third-order valence-electron chi connectivity index (χ3n) is 2.84. The number of benzene rings is 1. The average molecular weight is 294 g/mol.